The fraction of sp³-hybridized carbons (Fsp3) is 0.550. The Kier molecular flexibility index (Phi) is 5.42. The second-order valence-corrected chi connectivity index (χ2v) is 6.73. The van der Waals surface area contributed by atoms with Crippen molar-refractivity contribution in [1.82, 2.24) is 9.80 Å². The Bertz CT molecular complexity index is 641. The second kappa shape index (κ2) is 7.72. The Morgan fingerprint density at radius 3 is 2.71 bits per heavy atom. The molecule has 2 aliphatic heterocycles. The molecule has 0 saturated carbocycles. The first kappa shape index (κ1) is 16.9. The lowest BCUT2D eigenvalue weighted by Gasteiger charge is -2.28. The third-order valence-electron chi connectivity index (χ3n) is 5.08. The van der Waals surface area contributed by atoms with Crippen LogP contribution in [0.4, 0.5) is 0 Å². The summed E-state index contributed by atoms with van der Waals surface area (Å²) in [5, 5.41) is 0. The lowest BCUT2D eigenvalue weighted by Crippen LogP contribution is -2.37. The van der Waals surface area contributed by atoms with Crippen molar-refractivity contribution in [1.29, 1.82) is 0 Å². The molecule has 3 rings (SSSR count). The monoisotopic (exact) mass is 326 g/mol. The predicted molar refractivity (Wildman–Crippen MR) is 94.8 cm³/mol. The molecule has 1 aromatic carbocycles. The van der Waals surface area contributed by atoms with Crippen molar-refractivity contribution in [3.8, 4) is 17.6 Å². The zero-order valence-corrected chi connectivity index (χ0v) is 14.6. The van der Waals surface area contributed by atoms with E-state index in [2.05, 4.69) is 16.7 Å². The average Bonchev–Trinajstić information content (AvgIpc) is 2.89. The van der Waals surface area contributed by atoms with Gasteiger partial charge in [0.25, 0.3) is 0 Å². The van der Waals surface area contributed by atoms with Crippen LogP contribution >= 0.6 is 0 Å². The Labute approximate surface area is 144 Å². The molecule has 0 aliphatic carbocycles. The Balaban J connectivity index is 1.67. The van der Waals surface area contributed by atoms with Crippen LogP contribution in [-0.4, -0.2) is 55.5 Å². The molecule has 128 valence electrons. The van der Waals surface area contributed by atoms with Crippen LogP contribution in [-0.2, 0) is 4.79 Å². The lowest BCUT2D eigenvalue weighted by molar-refractivity contribution is -0.130. The molecule has 0 spiro atoms. The highest BCUT2D eigenvalue weighted by Gasteiger charge is 2.37. The molecule has 0 radical (unpaired) electrons. The summed E-state index contributed by atoms with van der Waals surface area (Å²) in [7, 11) is 3.53. The smallest absolute Gasteiger partial charge is 0.227 e. The van der Waals surface area contributed by atoms with Crippen LogP contribution in [0, 0.1) is 17.8 Å². The van der Waals surface area contributed by atoms with Crippen LogP contribution in [0.5, 0.6) is 5.75 Å². The maximum Gasteiger partial charge on any atom is 0.227 e. The third-order valence-corrected chi connectivity index (χ3v) is 5.08. The van der Waals surface area contributed by atoms with E-state index in [0.717, 1.165) is 37.4 Å². The van der Waals surface area contributed by atoms with Crippen molar-refractivity contribution in [3.05, 3.63) is 29.8 Å². The summed E-state index contributed by atoms with van der Waals surface area (Å²) < 4.78 is 5.34. The molecule has 1 amide bonds. The van der Waals surface area contributed by atoms with Crippen molar-refractivity contribution >= 4 is 5.91 Å². The van der Waals surface area contributed by atoms with Gasteiger partial charge in [0.15, 0.2) is 0 Å². The summed E-state index contributed by atoms with van der Waals surface area (Å²) in [6.45, 7) is 3.14. The number of carbonyl (C=O) groups is 1. The van der Waals surface area contributed by atoms with Crippen molar-refractivity contribution in [2.45, 2.75) is 31.7 Å². The van der Waals surface area contributed by atoms with Crippen molar-refractivity contribution < 1.29 is 9.53 Å². The van der Waals surface area contributed by atoms with Gasteiger partial charge in [0, 0.05) is 13.6 Å². The zero-order chi connectivity index (χ0) is 16.9. The number of methoxy groups -OCH3 is 1. The number of benzene rings is 1. The number of likely N-dealkylation sites (tertiary alicyclic amines) is 2. The fourth-order valence-electron chi connectivity index (χ4n) is 3.64. The van der Waals surface area contributed by atoms with E-state index < -0.39 is 0 Å². The van der Waals surface area contributed by atoms with Crippen LogP contribution in [0.1, 0.15) is 31.2 Å². The number of amides is 1. The summed E-state index contributed by atoms with van der Waals surface area (Å²) in [4.78, 5) is 16.8. The highest BCUT2D eigenvalue weighted by atomic mass is 16.5. The van der Waals surface area contributed by atoms with Gasteiger partial charge in [-0.3, -0.25) is 4.79 Å². The zero-order valence-electron chi connectivity index (χ0n) is 14.6. The van der Waals surface area contributed by atoms with Gasteiger partial charge in [-0.05, 0) is 44.5 Å². The first-order valence-electron chi connectivity index (χ1n) is 8.82. The average molecular weight is 326 g/mol. The van der Waals surface area contributed by atoms with Crippen molar-refractivity contribution in [2.24, 2.45) is 5.92 Å². The number of hydrogen-bond donors (Lipinski definition) is 0. The fourth-order valence-corrected chi connectivity index (χ4v) is 3.64. The van der Waals surface area contributed by atoms with Gasteiger partial charge in [-0.15, -0.1) is 0 Å². The number of hydrogen-bond acceptors (Lipinski definition) is 3. The van der Waals surface area contributed by atoms with Gasteiger partial charge in [-0.1, -0.05) is 30.4 Å². The maximum atomic E-state index is 12.5. The number of carbonyl (C=O) groups excluding carboxylic acids is 1. The number of piperidine rings is 1. The van der Waals surface area contributed by atoms with E-state index in [4.69, 9.17) is 4.74 Å². The van der Waals surface area contributed by atoms with Gasteiger partial charge in [0.2, 0.25) is 5.91 Å². The minimum atomic E-state index is -0.00259. The summed E-state index contributed by atoms with van der Waals surface area (Å²) >= 11 is 0. The predicted octanol–water partition coefficient (Wildman–Crippen LogP) is 2.38. The Morgan fingerprint density at radius 1 is 1.21 bits per heavy atom. The molecular weight excluding hydrogens is 300 g/mol. The van der Waals surface area contributed by atoms with Crippen molar-refractivity contribution in [3.63, 3.8) is 0 Å². The van der Waals surface area contributed by atoms with Crippen LogP contribution in [0.3, 0.4) is 0 Å². The van der Waals surface area contributed by atoms with E-state index >= 15 is 0 Å². The van der Waals surface area contributed by atoms with Crippen LogP contribution in [0.2, 0.25) is 0 Å². The highest BCUT2D eigenvalue weighted by Crippen LogP contribution is 2.25. The van der Waals surface area contributed by atoms with Gasteiger partial charge in [-0.2, -0.15) is 0 Å². The summed E-state index contributed by atoms with van der Waals surface area (Å²) in [5.74, 6) is 7.58. The van der Waals surface area contributed by atoms with E-state index in [0.29, 0.717) is 0 Å². The van der Waals surface area contributed by atoms with Gasteiger partial charge in [0.1, 0.15) is 5.75 Å². The Hall–Kier alpha value is -1.99. The van der Waals surface area contributed by atoms with Crippen LogP contribution in [0.15, 0.2) is 24.3 Å². The molecular formula is C20H26N2O2. The molecule has 0 N–H and O–H groups in total. The van der Waals surface area contributed by atoms with E-state index in [1.807, 2.05) is 36.2 Å². The van der Waals surface area contributed by atoms with Crippen molar-refractivity contribution in [2.75, 3.05) is 33.8 Å². The van der Waals surface area contributed by atoms with Gasteiger partial charge >= 0.3 is 0 Å². The molecule has 2 aliphatic rings. The first-order chi connectivity index (χ1) is 11.7. The summed E-state index contributed by atoms with van der Waals surface area (Å²) in [5.41, 5.74) is 0.875. The number of ether oxygens (including phenoxy) is 1. The second-order valence-electron chi connectivity index (χ2n) is 6.73. The minimum absolute atomic E-state index is 0.00259. The molecule has 0 aromatic heterocycles. The largest absolute Gasteiger partial charge is 0.495 e. The maximum absolute atomic E-state index is 12.5. The molecule has 1 aromatic rings. The first-order valence-corrected chi connectivity index (χ1v) is 8.82. The quantitative estimate of drug-likeness (QED) is 0.800. The minimum Gasteiger partial charge on any atom is -0.495 e. The molecule has 4 nitrogen and oxygen atoms in total. The summed E-state index contributed by atoms with van der Waals surface area (Å²) in [6, 6.07) is 7.75. The Morgan fingerprint density at radius 2 is 1.96 bits per heavy atom. The molecule has 2 unspecified atom stereocenters. The topological polar surface area (TPSA) is 32.8 Å². The molecule has 2 heterocycles. The van der Waals surface area contributed by atoms with Gasteiger partial charge < -0.3 is 14.5 Å². The van der Waals surface area contributed by atoms with E-state index in [-0.39, 0.29) is 17.9 Å². The molecule has 0 bridgehead atoms. The number of rotatable bonds is 3. The van der Waals surface area contributed by atoms with Crippen LogP contribution in [0.25, 0.3) is 0 Å². The molecule has 4 heteroatoms. The standard InChI is InChI=1S/C20H26N2O2/c1-21-18(11-10-16-8-4-5-9-19(16)24-2)14-17(20(21)23)15-22-12-6-3-7-13-22/h4-5,8-9,17-18H,3,6-7,12-15H2,1-2H3. The number of nitrogens with zero attached hydrogens (tertiary/aromatic N) is 2. The molecule has 2 fully saturated rings. The third kappa shape index (κ3) is 3.73. The molecule has 2 atom stereocenters. The van der Waals surface area contributed by atoms with E-state index in [1.165, 1.54) is 19.3 Å². The SMILES string of the molecule is COc1ccccc1C#CC1CC(CN2CCCCC2)C(=O)N1C. The van der Waals surface area contributed by atoms with E-state index in [9.17, 15) is 4.79 Å². The van der Waals surface area contributed by atoms with Gasteiger partial charge in [0.05, 0.1) is 24.6 Å². The summed E-state index contributed by atoms with van der Waals surface area (Å²) in [6.07, 6.45) is 4.66. The molecule has 2 saturated heterocycles. The lowest BCUT2D eigenvalue weighted by atomic mass is 10.0. The normalized spacial score (nSPS) is 24.6. The van der Waals surface area contributed by atoms with E-state index in [1.54, 1.807) is 7.11 Å². The van der Waals surface area contributed by atoms with Gasteiger partial charge in [-0.25, -0.2) is 0 Å². The highest BCUT2D eigenvalue weighted by molar-refractivity contribution is 5.82. The number of para-hydroxylation sites is 1. The molecule has 24 heavy (non-hydrogen) atoms. The van der Waals surface area contributed by atoms with Crippen LogP contribution < -0.4 is 4.74 Å².